The predicted octanol–water partition coefficient (Wildman–Crippen LogP) is 3.20. The molecular formula is C16H15F2NO2. The lowest BCUT2D eigenvalue weighted by atomic mass is 10.1. The van der Waals surface area contributed by atoms with Gasteiger partial charge in [0.05, 0.1) is 12.5 Å². The van der Waals surface area contributed by atoms with E-state index in [1.807, 2.05) is 0 Å². The van der Waals surface area contributed by atoms with E-state index in [9.17, 15) is 18.7 Å². The zero-order chi connectivity index (χ0) is 15.4. The Kier molecular flexibility index (Phi) is 4.65. The van der Waals surface area contributed by atoms with Crippen molar-refractivity contribution in [3.63, 3.8) is 0 Å². The van der Waals surface area contributed by atoms with E-state index in [1.165, 1.54) is 12.1 Å². The van der Waals surface area contributed by atoms with E-state index in [0.29, 0.717) is 11.3 Å². The molecule has 3 nitrogen and oxygen atoms in total. The molecule has 1 unspecified atom stereocenters. The molecule has 2 aromatic carbocycles. The fourth-order valence-electron chi connectivity index (χ4n) is 2.03. The van der Waals surface area contributed by atoms with Crippen LogP contribution in [0.25, 0.3) is 0 Å². The maximum absolute atomic E-state index is 13.5. The molecule has 0 radical (unpaired) electrons. The molecule has 0 fully saturated rings. The van der Waals surface area contributed by atoms with Crippen LogP contribution >= 0.6 is 0 Å². The van der Waals surface area contributed by atoms with E-state index in [2.05, 4.69) is 5.32 Å². The van der Waals surface area contributed by atoms with Gasteiger partial charge in [-0.15, -0.1) is 0 Å². The molecule has 0 aliphatic rings. The van der Waals surface area contributed by atoms with Crippen molar-refractivity contribution in [1.82, 2.24) is 0 Å². The van der Waals surface area contributed by atoms with Crippen LogP contribution < -0.4 is 5.32 Å². The molecule has 0 aliphatic heterocycles. The van der Waals surface area contributed by atoms with Gasteiger partial charge >= 0.3 is 0 Å². The highest BCUT2D eigenvalue weighted by molar-refractivity contribution is 5.93. The minimum Gasteiger partial charge on any atom is -0.389 e. The molecule has 1 amide bonds. The molecule has 1 atom stereocenters. The maximum atomic E-state index is 13.5. The summed E-state index contributed by atoms with van der Waals surface area (Å²) < 4.78 is 26.6. The molecule has 0 heterocycles. The van der Waals surface area contributed by atoms with Gasteiger partial charge in [0.2, 0.25) is 5.91 Å². The van der Waals surface area contributed by atoms with Crippen LogP contribution in [0.2, 0.25) is 0 Å². The van der Waals surface area contributed by atoms with Gasteiger partial charge < -0.3 is 10.4 Å². The van der Waals surface area contributed by atoms with Gasteiger partial charge in [-0.05, 0) is 19.1 Å². The Hall–Kier alpha value is -2.27. The number of aliphatic hydroxyl groups excluding tert-OH is 1. The van der Waals surface area contributed by atoms with Crippen LogP contribution in [0.4, 0.5) is 14.5 Å². The summed E-state index contributed by atoms with van der Waals surface area (Å²) in [4.78, 5) is 11.9. The van der Waals surface area contributed by atoms with Crippen LogP contribution in [0.5, 0.6) is 0 Å². The fraction of sp³-hybridized carbons (Fsp3) is 0.188. The SMILES string of the molecule is CC(O)c1ccccc1NC(=O)Cc1cccc(F)c1F. The van der Waals surface area contributed by atoms with Crippen LogP contribution in [-0.2, 0) is 11.2 Å². The number of nitrogens with one attached hydrogen (secondary N) is 1. The second-order valence-electron chi connectivity index (χ2n) is 4.70. The summed E-state index contributed by atoms with van der Waals surface area (Å²) in [7, 11) is 0. The number of para-hydroxylation sites is 1. The molecule has 5 heteroatoms. The minimum absolute atomic E-state index is 0.0120. The van der Waals surface area contributed by atoms with Gasteiger partial charge in [-0.3, -0.25) is 4.79 Å². The Morgan fingerprint density at radius 2 is 1.90 bits per heavy atom. The van der Waals surface area contributed by atoms with Gasteiger partial charge in [0.25, 0.3) is 0 Å². The Morgan fingerprint density at radius 3 is 2.62 bits per heavy atom. The summed E-state index contributed by atoms with van der Waals surface area (Å²) in [6.45, 7) is 1.58. The first-order valence-electron chi connectivity index (χ1n) is 6.48. The van der Waals surface area contributed by atoms with Crippen LogP contribution in [0.1, 0.15) is 24.2 Å². The first-order valence-corrected chi connectivity index (χ1v) is 6.48. The number of carbonyl (C=O) groups excluding carboxylic acids is 1. The zero-order valence-electron chi connectivity index (χ0n) is 11.4. The third-order valence-electron chi connectivity index (χ3n) is 3.07. The molecule has 0 bridgehead atoms. The van der Waals surface area contributed by atoms with Gasteiger partial charge in [0.15, 0.2) is 11.6 Å². The average molecular weight is 291 g/mol. The van der Waals surface area contributed by atoms with Crippen molar-refractivity contribution in [2.75, 3.05) is 5.32 Å². The molecule has 2 N–H and O–H groups in total. The van der Waals surface area contributed by atoms with Crippen LogP contribution in [0.3, 0.4) is 0 Å². The van der Waals surface area contributed by atoms with E-state index in [0.717, 1.165) is 6.07 Å². The summed E-state index contributed by atoms with van der Waals surface area (Å²) in [6.07, 6.45) is -1.02. The molecule has 0 aliphatic carbocycles. The summed E-state index contributed by atoms with van der Waals surface area (Å²) in [5.41, 5.74) is 1.00. The van der Waals surface area contributed by atoms with Crippen molar-refractivity contribution in [1.29, 1.82) is 0 Å². The average Bonchev–Trinajstić information content (AvgIpc) is 2.44. The first kappa shape index (κ1) is 15.1. The lowest BCUT2D eigenvalue weighted by Crippen LogP contribution is -2.17. The van der Waals surface area contributed by atoms with Crippen molar-refractivity contribution < 1.29 is 18.7 Å². The van der Waals surface area contributed by atoms with Gasteiger partial charge in [-0.25, -0.2) is 8.78 Å². The zero-order valence-corrected chi connectivity index (χ0v) is 11.4. The number of hydrogen-bond acceptors (Lipinski definition) is 2. The van der Waals surface area contributed by atoms with E-state index in [1.54, 1.807) is 31.2 Å². The second kappa shape index (κ2) is 6.45. The third-order valence-corrected chi connectivity index (χ3v) is 3.07. The lowest BCUT2D eigenvalue weighted by molar-refractivity contribution is -0.115. The van der Waals surface area contributed by atoms with Crippen LogP contribution in [0.15, 0.2) is 42.5 Å². The number of carbonyl (C=O) groups is 1. The van der Waals surface area contributed by atoms with Crippen molar-refractivity contribution in [2.45, 2.75) is 19.4 Å². The monoisotopic (exact) mass is 291 g/mol. The molecule has 0 saturated heterocycles. The molecule has 0 saturated carbocycles. The molecule has 0 spiro atoms. The van der Waals surface area contributed by atoms with Gasteiger partial charge in [-0.2, -0.15) is 0 Å². The number of aliphatic hydroxyl groups is 1. The molecular weight excluding hydrogens is 276 g/mol. The smallest absolute Gasteiger partial charge is 0.228 e. The molecule has 2 rings (SSSR count). The number of rotatable bonds is 4. The van der Waals surface area contributed by atoms with Crippen LogP contribution in [0, 0.1) is 11.6 Å². The summed E-state index contributed by atoms with van der Waals surface area (Å²) >= 11 is 0. The van der Waals surface area contributed by atoms with Gasteiger partial charge in [0, 0.05) is 16.8 Å². The molecule has 0 aromatic heterocycles. The maximum Gasteiger partial charge on any atom is 0.228 e. The summed E-state index contributed by atoms with van der Waals surface area (Å²) in [5.74, 6) is -2.48. The Labute approximate surface area is 121 Å². The van der Waals surface area contributed by atoms with Crippen molar-refractivity contribution in [2.24, 2.45) is 0 Å². The Balaban J connectivity index is 2.14. The minimum atomic E-state index is -1.02. The summed E-state index contributed by atoms with van der Waals surface area (Å²) in [6, 6.07) is 10.5. The first-order chi connectivity index (χ1) is 9.99. The van der Waals surface area contributed by atoms with Crippen molar-refractivity contribution in [3.05, 3.63) is 65.2 Å². The normalized spacial score (nSPS) is 12.0. The van der Waals surface area contributed by atoms with Gasteiger partial charge in [-0.1, -0.05) is 30.3 Å². The number of anilines is 1. The number of halogens is 2. The predicted molar refractivity (Wildman–Crippen MR) is 75.8 cm³/mol. The second-order valence-corrected chi connectivity index (χ2v) is 4.70. The Bertz CT molecular complexity index is 656. The topological polar surface area (TPSA) is 49.3 Å². The number of amides is 1. The fourth-order valence-corrected chi connectivity index (χ4v) is 2.03. The van der Waals surface area contributed by atoms with Crippen molar-refractivity contribution >= 4 is 11.6 Å². The lowest BCUT2D eigenvalue weighted by Gasteiger charge is -2.13. The van der Waals surface area contributed by atoms with E-state index in [4.69, 9.17) is 0 Å². The highest BCUT2D eigenvalue weighted by Crippen LogP contribution is 2.22. The Morgan fingerprint density at radius 1 is 1.19 bits per heavy atom. The quantitative estimate of drug-likeness (QED) is 0.909. The van der Waals surface area contributed by atoms with E-state index >= 15 is 0 Å². The van der Waals surface area contributed by atoms with Crippen molar-refractivity contribution in [3.8, 4) is 0 Å². The highest BCUT2D eigenvalue weighted by Gasteiger charge is 2.14. The number of benzene rings is 2. The number of hydrogen-bond donors (Lipinski definition) is 2. The highest BCUT2D eigenvalue weighted by atomic mass is 19.2. The molecule has 110 valence electrons. The molecule has 21 heavy (non-hydrogen) atoms. The van der Waals surface area contributed by atoms with E-state index < -0.39 is 23.6 Å². The molecule has 2 aromatic rings. The standard InChI is InChI=1S/C16H15F2NO2/c1-10(20)12-6-2-3-8-14(12)19-15(21)9-11-5-4-7-13(17)16(11)18/h2-8,10,20H,9H2,1H3,(H,19,21). The summed E-state index contributed by atoms with van der Waals surface area (Å²) in [5, 5.41) is 12.2. The van der Waals surface area contributed by atoms with E-state index in [-0.39, 0.29) is 12.0 Å². The van der Waals surface area contributed by atoms with Crippen LogP contribution in [-0.4, -0.2) is 11.0 Å². The van der Waals surface area contributed by atoms with Gasteiger partial charge in [0.1, 0.15) is 0 Å². The third kappa shape index (κ3) is 3.64. The largest absolute Gasteiger partial charge is 0.389 e.